The molecule has 1 rings (SSSR count). The van der Waals surface area contributed by atoms with Crippen LogP contribution in [-0.4, -0.2) is 16.9 Å². The van der Waals surface area contributed by atoms with E-state index >= 15 is 0 Å². The highest BCUT2D eigenvalue weighted by Gasteiger charge is 2.21. The quantitative estimate of drug-likeness (QED) is 0.601. The van der Waals surface area contributed by atoms with Crippen LogP contribution in [0.15, 0.2) is 18.2 Å². The van der Waals surface area contributed by atoms with Gasteiger partial charge in [0.05, 0.1) is 4.92 Å². The van der Waals surface area contributed by atoms with Gasteiger partial charge in [-0.15, -0.1) is 0 Å². The molecule has 0 bridgehead atoms. The Morgan fingerprint density at radius 3 is 2.82 bits per heavy atom. The van der Waals surface area contributed by atoms with Gasteiger partial charge in [0, 0.05) is 12.5 Å². The number of nitrogens with two attached hydrogens (primary N) is 1. The molecule has 1 amide bonds. The molecule has 1 aromatic rings. The summed E-state index contributed by atoms with van der Waals surface area (Å²) in [5, 5.41) is 13.4. The predicted molar refractivity (Wildman–Crippen MR) is 60.0 cm³/mol. The van der Waals surface area contributed by atoms with E-state index in [1.165, 1.54) is 12.1 Å². The normalized spacial score (nSPS) is 11.9. The van der Waals surface area contributed by atoms with Crippen LogP contribution in [0, 0.1) is 15.9 Å². The maximum Gasteiger partial charge on any atom is 0.327 e. The molecule has 0 aliphatic rings. The molecule has 92 valence electrons. The molecule has 0 aliphatic heterocycles. The number of anilines is 1. The third-order valence-corrected chi connectivity index (χ3v) is 2.08. The van der Waals surface area contributed by atoms with E-state index in [9.17, 15) is 19.3 Å². The van der Waals surface area contributed by atoms with Crippen molar-refractivity contribution in [2.45, 2.75) is 19.4 Å². The summed E-state index contributed by atoms with van der Waals surface area (Å²) in [6, 6.07) is 3.32. The summed E-state index contributed by atoms with van der Waals surface area (Å²) in [5.74, 6) is -1.46. The zero-order valence-electron chi connectivity index (χ0n) is 9.14. The van der Waals surface area contributed by atoms with Crippen LogP contribution in [0.3, 0.4) is 0 Å². The second-order valence-electron chi connectivity index (χ2n) is 3.61. The molecule has 7 heteroatoms. The highest BCUT2D eigenvalue weighted by atomic mass is 19.1. The number of hydrogen-bond donors (Lipinski definition) is 2. The highest BCUT2D eigenvalue weighted by Crippen LogP contribution is 2.27. The molecule has 3 N–H and O–H groups in total. The number of benzene rings is 1. The number of carbonyl (C=O) groups excluding carboxylic acids is 1. The average Bonchev–Trinajstić information content (AvgIpc) is 2.15. The molecule has 1 unspecified atom stereocenters. The first-order valence-electron chi connectivity index (χ1n) is 4.89. The topological polar surface area (TPSA) is 98.3 Å². The molecule has 1 aromatic carbocycles. The molecular weight excluding hydrogens is 229 g/mol. The lowest BCUT2D eigenvalue weighted by Gasteiger charge is -2.13. The Bertz CT molecular complexity index is 450. The van der Waals surface area contributed by atoms with Crippen LogP contribution in [0.2, 0.25) is 0 Å². The molecule has 1 atom stereocenters. The van der Waals surface area contributed by atoms with Crippen LogP contribution in [-0.2, 0) is 4.79 Å². The van der Waals surface area contributed by atoms with Crippen molar-refractivity contribution in [1.29, 1.82) is 0 Å². The summed E-state index contributed by atoms with van der Waals surface area (Å²) in [7, 11) is 0. The van der Waals surface area contributed by atoms with Crippen molar-refractivity contribution in [3.63, 3.8) is 0 Å². The third kappa shape index (κ3) is 3.40. The largest absolute Gasteiger partial charge is 0.376 e. The SMILES string of the molecule is CC(CC(N)=O)Nc1cccc(F)c1[N+](=O)[O-]. The summed E-state index contributed by atoms with van der Waals surface area (Å²) in [5.41, 5.74) is 4.38. The molecule has 0 heterocycles. The van der Waals surface area contributed by atoms with Crippen LogP contribution in [0.4, 0.5) is 15.8 Å². The predicted octanol–water partition coefficient (Wildman–Crippen LogP) is 1.41. The zero-order valence-corrected chi connectivity index (χ0v) is 9.14. The van der Waals surface area contributed by atoms with Crippen LogP contribution in [0.1, 0.15) is 13.3 Å². The maximum atomic E-state index is 13.2. The fourth-order valence-corrected chi connectivity index (χ4v) is 1.44. The maximum absolute atomic E-state index is 13.2. The van der Waals surface area contributed by atoms with Crippen LogP contribution in [0.5, 0.6) is 0 Å². The van der Waals surface area contributed by atoms with Gasteiger partial charge in [-0.2, -0.15) is 4.39 Å². The van der Waals surface area contributed by atoms with Gasteiger partial charge >= 0.3 is 5.69 Å². The number of halogens is 1. The van der Waals surface area contributed by atoms with E-state index in [0.717, 1.165) is 6.07 Å². The smallest absolute Gasteiger partial charge is 0.327 e. The van der Waals surface area contributed by atoms with E-state index in [2.05, 4.69) is 5.32 Å². The van der Waals surface area contributed by atoms with Gasteiger partial charge in [0.15, 0.2) is 0 Å². The Kier molecular flexibility index (Phi) is 3.97. The summed E-state index contributed by atoms with van der Waals surface area (Å²) in [6.45, 7) is 1.62. The fraction of sp³-hybridized carbons (Fsp3) is 0.300. The minimum atomic E-state index is -0.925. The minimum absolute atomic E-state index is 0.00761. The van der Waals surface area contributed by atoms with Crippen LogP contribution >= 0.6 is 0 Å². The molecule has 0 saturated carbocycles. The van der Waals surface area contributed by atoms with Crippen molar-refractivity contribution in [2.75, 3.05) is 5.32 Å². The Labute approximate surface area is 96.8 Å². The van der Waals surface area contributed by atoms with Crippen LogP contribution < -0.4 is 11.1 Å². The molecule has 17 heavy (non-hydrogen) atoms. The van der Waals surface area contributed by atoms with Crippen LogP contribution in [0.25, 0.3) is 0 Å². The minimum Gasteiger partial charge on any atom is -0.376 e. The van der Waals surface area contributed by atoms with Gasteiger partial charge in [-0.1, -0.05) is 6.07 Å². The van der Waals surface area contributed by atoms with E-state index in [1.807, 2.05) is 0 Å². The summed E-state index contributed by atoms with van der Waals surface area (Å²) >= 11 is 0. The number of primary amides is 1. The standard InChI is InChI=1S/C10H12FN3O3/c1-6(5-9(12)15)13-8-4-2-3-7(11)10(8)14(16)17/h2-4,6,13H,5H2,1H3,(H2,12,15). The lowest BCUT2D eigenvalue weighted by molar-refractivity contribution is -0.386. The Balaban J connectivity index is 2.94. The molecule has 0 aliphatic carbocycles. The van der Waals surface area contributed by atoms with Gasteiger partial charge < -0.3 is 11.1 Å². The first kappa shape index (κ1) is 12.9. The fourth-order valence-electron chi connectivity index (χ4n) is 1.44. The zero-order chi connectivity index (χ0) is 13.0. The van der Waals surface area contributed by atoms with E-state index < -0.39 is 28.4 Å². The van der Waals surface area contributed by atoms with E-state index in [1.54, 1.807) is 6.92 Å². The number of nitro benzene ring substituents is 1. The van der Waals surface area contributed by atoms with Crippen molar-refractivity contribution >= 4 is 17.3 Å². The molecule has 0 aromatic heterocycles. The number of nitrogens with one attached hydrogen (secondary N) is 1. The van der Waals surface area contributed by atoms with E-state index in [4.69, 9.17) is 5.73 Å². The Morgan fingerprint density at radius 2 is 2.29 bits per heavy atom. The van der Waals surface area contributed by atoms with E-state index in [-0.39, 0.29) is 12.1 Å². The van der Waals surface area contributed by atoms with Gasteiger partial charge in [-0.3, -0.25) is 14.9 Å². The van der Waals surface area contributed by atoms with Crippen molar-refractivity contribution < 1.29 is 14.1 Å². The number of carbonyl (C=O) groups is 1. The molecule has 0 fully saturated rings. The van der Waals surface area contributed by atoms with Gasteiger partial charge in [0.2, 0.25) is 11.7 Å². The summed E-state index contributed by atoms with van der Waals surface area (Å²) < 4.78 is 13.2. The molecule has 0 radical (unpaired) electrons. The summed E-state index contributed by atoms with van der Waals surface area (Å²) in [4.78, 5) is 20.5. The van der Waals surface area contributed by atoms with Crippen molar-refractivity contribution in [2.24, 2.45) is 5.73 Å². The number of nitrogens with zero attached hydrogens (tertiary/aromatic N) is 1. The summed E-state index contributed by atoms with van der Waals surface area (Å²) in [6.07, 6.45) is 0.00761. The monoisotopic (exact) mass is 241 g/mol. The van der Waals surface area contributed by atoms with Gasteiger partial charge in [0.25, 0.3) is 0 Å². The number of para-hydroxylation sites is 1. The molecule has 6 nitrogen and oxygen atoms in total. The van der Waals surface area contributed by atoms with Gasteiger partial charge in [0.1, 0.15) is 5.69 Å². The first-order valence-corrected chi connectivity index (χ1v) is 4.89. The third-order valence-electron chi connectivity index (χ3n) is 2.08. The second kappa shape index (κ2) is 5.24. The number of amides is 1. The lowest BCUT2D eigenvalue weighted by atomic mass is 10.2. The second-order valence-corrected chi connectivity index (χ2v) is 3.61. The number of hydrogen-bond acceptors (Lipinski definition) is 4. The lowest BCUT2D eigenvalue weighted by Crippen LogP contribution is -2.24. The van der Waals surface area contributed by atoms with Crippen molar-refractivity contribution in [1.82, 2.24) is 0 Å². The van der Waals surface area contributed by atoms with Crippen molar-refractivity contribution in [3.05, 3.63) is 34.1 Å². The Hall–Kier alpha value is -2.18. The molecule has 0 saturated heterocycles. The Morgan fingerprint density at radius 1 is 1.65 bits per heavy atom. The average molecular weight is 241 g/mol. The highest BCUT2D eigenvalue weighted by molar-refractivity contribution is 5.75. The first-order chi connectivity index (χ1) is 7.91. The van der Waals surface area contributed by atoms with Gasteiger partial charge in [-0.25, -0.2) is 0 Å². The van der Waals surface area contributed by atoms with Crippen molar-refractivity contribution in [3.8, 4) is 0 Å². The van der Waals surface area contributed by atoms with Gasteiger partial charge in [-0.05, 0) is 19.1 Å². The number of nitro groups is 1. The molecular formula is C10H12FN3O3. The number of rotatable bonds is 5. The molecule has 0 spiro atoms. The van der Waals surface area contributed by atoms with E-state index in [0.29, 0.717) is 0 Å².